The first kappa shape index (κ1) is 14.0. The van der Waals surface area contributed by atoms with Gasteiger partial charge in [-0.3, -0.25) is 0 Å². The lowest BCUT2D eigenvalue weighted by Crippen LogP contribution is -2.07. The van der Waals surface area contributed by atoms with Gasteiger partial charge in [-0.15, -0.1) is 11.3 Å². The van der Waals surface area contributed by atoms with Gasteiger partial charge in [-0.2, -0.15) is 0 Å². The Morgan fingerprint density at radius 2 is 1.95 bits per heavy atom. The topological polar surface area (TPSA) is 43.4 Å². The molecule has 4 nitrogen and oxygen atoms in total. The number of nitrogens with zero attached hydrogens (tertiary/aromatic N) is 1. The Hall–Kier alpha value is -1.46. The van der Waals surface area contributed by atoms with Crippen LogP contribution in [0.2, 0.25) is 5.02 Å². The van der Waals surface area contributed by atoms with E-state index in [1.54, 1.807) is 37.8 Å². The molecule has 1 atom stereocenters. The van der Waals surface area contributed by atoms with Crippen LogP contribution in [-0.4, -0.2) is 19.2 Å². The first-order valence-corrected chi connectivity index (χ1v) is 6.99. The molecule has 1 heterocycles. The molecule has 0 saturated carbocycles. The minimum absolute atomic E-state index is 0.0793. The Bertz CT molecular complexity index is 546. The number of halogens is 1. The van der Waals surface area contributed by atoms with Gasteiger partial charge in [0.1, 0.15) is 5.01 Å². The van der Waals surface area contributed by atoms with Crippen molar-refractivity contribution in [2.24, 2.45) is 0 Å². The maximum atomic E-state index is 6.23. The summed E-state index contributed by atoms with van der Waals surface area (Å²) in [4.78, 5) is 4.28. The normalized spacial score (nSPS) is 12.0. The van der Waals surface area contributed by atoms with E-state index < -0.39 is 0 Å². The molecule has 0 aliphatic rings. The minimum Gasteiger partial charge on any atom is -0.493 e. The Kier molecular flexibility index (Phi) is 4.50. The number of thiazole rings is 1. The molecular weight excluding hydrogens is 284 g/mol. The van der Waals surface area contributed by atoms with E-state index in [9.17, 15) is 0 Å². The van der Waals surface area contributed by atoms with Crippen molar-refractivity contribution in [3.05, 3.63) is 33.7 Å². The van der Waals surface area contributed by atoms with Gasteiger partial charge in [0.15, 0.2) is 11.5 Å². The molecule has 19 heavy (non-hydrogen) atoms. The molecular formula is C13H15ClN2O2S. The molecule has 0 aliphatic carbocycles. The third kappa shape index (κ3) is 3.11. The second-order valence-electron chi connectivity index (χ2n) is 3.92. The number of benzene rings is 1. The quantitative estimate of drug-likeness (QED) is 0.906. The zero-order valence-corrected chi connectivity index (χ0v) is 12.5. The van der Waals surface area contributed by atoms with Crippen LogP contribution in [0.4, 0.5) is 5.69 Å². The summed E-state index contributed by atoms with van der Waals surface area (Å²) >= 11 is 7.83. The molecule has 0 spiro atoms. The number of methoxy groups -OCH3 is 2. The van der Waals surface area contributed by atoms with E-state index >= 15 is 0 Å². The van der Waals surface area contributed by atoms with Crippen molar-refractivity contribution in [1.82, 2.24) is 4.98 Å². The van der Waals surface area contributed by atoms with E-state index in [0.29, 0.717) is 16.5 Å². The molecule has 1 aromatic carbocycles. The molecule has 1 aromatic heterocycles. The van der Waals surface area contributed by atoms with E-state index in [1.165, 1.54) is 0 Å². The first-order valence-electron chi connectivity index (χ1n) is 5.73. The van der Waals surface area contributed by atoms with Crippen LogP contribution in [0.25, 0.3) is 0 Å². The van der Waals surface area contributed by atoms with Crippen LogP contribution in [0.5, 0.6) is 11.5 Å². The maximum absolute atomic E-state index is 6.23. The van der Waals surface area contributed by atoms with Gasteiger partial charge in [0, 0.05) is 23.7 Å². The number of nitrogens with one attached hydrogen (secondary N) is 1. The Morgan fingerprint density at radius 1 is 1.26 bits per heavy atom. The van der Waals surface area contributed by atoms with Gasteiger partial charge in [0.2, 0.25) is 0 Å². The number of rotatable bonds is 5. The fourth-order valence-electron chi connectivity index (χ4n) is 1.71. The fourth-order valence-corrected chi connectivity index (χ4v) is 2.56. The molecule has 2 rings (SSSR count). The van der Waals surface area contributed by atoms with Crippen LogP contribution in [-0.2, 0) is 0 Å². The van der Waals surface area contributed by atoms with Gasteiger partial charge >= 0.3 is 0 Å². The molecule has 0 amide bonds. The summed E-state index contributed by atoms with van der Waals surface area (Å²) in [6.45, 7) is 2.03. The highest BCUT2D eigenvalue weighted by atomic mass is 35.5. The van der Waals surface area contributed by atoms with Crippen LogP contribution in [0.15, 0.2) is 23.7 Å². The average Bonchev–Trinajstić information content (AvgIpc) is 2.94. The average molecular weight is 299 g/mol. The summed E-state index contributed by atoms with van der Waals surface area (Å²) in [6, 6.07) is 3.64. The molecule has 2 aromatic rings. The van der Waals surface area contributed by atoms with Gasteiger partial charge in [0.05, 0.1) is 31.0 Å². The van der Waals surface area contributed by atoms with E-state index in [2.05, 4.69) is 10.3 Å². The lowest BCUT2D eigenvalue weighted by molar-refractivity contribution is 0.355. The highest BCUT2D eigenvalue weighted by Gasteiger charge is 2.13. The molecule has 102 valence electrons. The van der Waals surface area contributed by atoms with Crippen LogP contribution in [0.1, 0.15) is 18.0 Å². The van der Waals surface area contributed by atoms with Crippen LogP contribution in [0, 0.1) is 0 Å². The molecule has 1 N–H and O–H groups in total. The summed E-state index contributed by atoms with van der Waals surface area (Å²) in [5.41, 5.74) is 0.794. The maximum Gasteiger partial charge on any atom is 0.162 e. The van der Waals surface area contributed by atoms with Crippen molar-refractivity contribution in [3.8, 4) is 11.5 Å². The summed E-state index contributed by atoms with van der Waals surface area (Å²) < 4.78 is 10.5. The molecule has 1 unspecified atom stereocenters. The first-order chi connectivity index (χ1) is 9.15. The fraction of sp³-hybridized carbons (Fsp3) is 0.308. The monoisotopic (exact) mass is 298 g/mol. The highest BCUT2D eigenvalue weighted by Crippen LogP contribution is 2.37. The van der Waals surface area contributed by atoms with Crippen LogP contribution < -0.4 is 14.8 Å². The van der Waals surface area contributed by atoms with E-state index in [0.717, 1.165) is 10.7 Å². The Morgan fingerprint density at radius 3 is 2.53 bits per heavy atom. The van der Waals surface area contributed by atoms with E-state index in [4.69, 9.17) is 21.1 Å². The van der Waals surface area contributed by atoms with Gasteiger partial charge in [-0.25, -0.2) is 4.98 Å². The predicted octanol–water partition coefficient (Wildman–Crippen LogP) is 3.99. The molecule has 0 fully saturated rings. The second-order valence-corrected chi connectivity index (χ2v) is 5.26. The Labute approximate surface area is 121 Å². The second kappa shape index (κ2) is 6.12. The van der Waals surface area contributed by atoms with Crippen molar-refractivity contribution >= 4 is 28.6 Å². The lowest BCUT2D eigenvalue weighted by Gasteiger charge is -2.16. The lowest BCUT2D eigenvalue weighted by atomic mass is 10.2. The summed E-state index contributed by atoms with van der Waals surface area (Å²) in [7, 11) is 3.18. The number of hydrogen-bond donors (Lipinski definition) is 1. The van der Waals surface area contributed by atoms with Crippen molar-refractivity contribution in [3.63, 3.8) is 0 Å². The van der Waals surface area contributed by atoms with E-state index in [-0.39, 0.29) is 6.04 Å². The summed E-state index contributed by atoms with van der Waals surface area (Å²) in [6.07, 6.45) is 1.79. The number of hydrogen-bond acceptors (Lipinski definition) is 5. The molecule has 0 aliphatic heterocycles. The molecule has 0 radical (unpaired) electrons. The van der Waals surface area contributed by atoms with Crippen LogP contribution in [0.3, 0.4) is 0 Å². The van der Waals surface area contributed by atoms with Crippen molar-refractivity contribution in [2.45, 2.75) is 13.0 Å². The smallest absolute Gasteiger partial charge is 0.162 e. The number of anilines is 1. The van der Waals surface area contributed by atoms with Gasteiger partial charge in [-0.05, 0) is 6.92 Å². The number of aromatic nitrogens is 1. The largest absolute Gasteiger partial charge is 0.493 e. The number of ether oxygens (including phenoxy) is 2. The SMILES string of the molecule is COc1cc(Cl)c(NC(C)c2nccs2)cc1OC. The van der Waals surface area contributed by atoms with Gasteiger partial charge in [-0.1, -0.05) is 11.6 Å². The molecule has 0 saturated heterocycles. The van der Waals surface area contributed by atoms with Crippen molar-refractivity contribution < 1.29 is 9.47 Å². The third-order valence-electron chi connectivity index (χ3n) is 2.67. The zero-order chi connectivity index (χ0) is 13.8. The van der Waals surface area contributed by atoms with Crippen molar-refractivity contribution in [1.29, 1.82) is 0 Å². The van der Waals surface area contributed by atoms with Gasteiger partial charge in [0.25, 0.3) is 0 Å². The summed E-state index contributed by atoms with van der Waals surface area (Å²) in [5.74, 6) is 1.25. The standard InChI is InChI=1S/C13H15ClN2O2S/c1-8(13-15-4-5-19-13)16-10-7-12(18-3)11(17-2)6-9(10)14/h4-8,16H,1-3H3. The molecule has 6 heteroatoms. The molecule has 0 bridgehead atoms. The van der Waals surface area contributed by atoms with Crippen LogP contribution >= 0.6 is 22.9 Å². The zero-order valence-electron chi connectivity index (χ0n) is 10.9. The van der Waals surface area contributed by atoms with Gasteiger partial charge < -0.3 is 14.8 Å². The van der Waals surface area contributed by atoms with E-state index in [1.807, 2.05) is 18.4 Å². The van der Waals surface area contributed by atoms with Crippen molar-refractivity contribution in [2.75, 3.05) is 19.5 Å². The minimum atomic E-state index is 0.0793. The Balaban J connectivity index is 2.25. The highest BCUT2D eigenvalue weighted by molar-refractivity contribution is 7.09. The predicted molar refractivity (Wildman–Crippen MR) is 78.7 cm³/mol. The third-order valence-corrected chi connectivity index (χ3v) is 3.94. The summed E-state index contributed by atoms with van der Waals surface area (Å²) in [5, 5.41) is 6.86.